The zero-order chi connectivity index (χ0) is 32.1. The Hall–Kier alpha value is -4.15. The molecular weight excluding hydrogens is 594 g/mol. The maximum absolute atomic E-state index is 13.0. The molecule has 2 unspecified atom stereocenters. The van der Waals surface area contributed by atoms with Gasteiger partial charge in [-0.3, -0.25) is 0 Å². The molecular formula is C43H40OP2. The Morgan fingerprint density at radius 3 is 1.89 bits per heavy atom. The molecule has 0 heterocycles. The van der Waals surface area contributed by atoms with Gasteiger partial charge in [-0.25, -0.2) is 0 Å². The van der Waals surface area contributed by atoms with Gasteiger partial charge in [0, 0.05) is 17.1 Å². The quantitative estimate of drug-likeness (QED) is 0.170. The Labute approximate surface area is 274 Å². The van der Waals surface area contributed by atoms with Gasteiger partial charge < -0.3 is 4.57 Å². The highest BCUT2D eigenvalue weighted by Gasteiger charge is 2.36. The van der Waals surface area contributed by atoms with Crippen LogP contribution in [0.5, 0.6) is 0 Å². The molecule has 1 nitrogen and oxygen atoms in total. The first kappa shape index (κ1) is 30.5. The van der Waals surface area contributed by atoms with Gasteiger partial charge in [0.25, 0.3) is 0 Å². The molecule has 0 spiro atoms. The normalized spacial score (nSPS) is 17.7. The zero-order valence-electron chi connectivity index (χ0n) is 27.0. The van der Waals surface area contributed by atoms with Gasteiger partial charge in [-0.05, 0) is 106 Å². The summed E-state index contributed by atoms with van der Waals surface area (Å²) in [7, 11) is -2.38. The lowest BCUT2D eigenvalue weighted by Gasteiger charge is -2.38. The van der Waals surface area contributed by atoms with Crippen LogP contribution in [0.2, 0.25) is 0 Å². The summed E-state index contributed by atoms with van der Waals surface area (Å²) < 4.78 is 13.0. The van der Waals surface area contributed by atoms with E-state index in [1.165, 1.54) is 55.4 Å². The van der Waals surface area contributed by atoms with Gasteiger partial charge in [0.05, 0.1) is 0 Å². The molecule has 0 saturated carbocycles. The highest BCUT2D eigenvalue weighted by molar-refractivity contribution is 7.79. The average molecular weight is 635 g/mol. The van der Waals surface area contributed by atoms with Gasteiger partial charge in [0.15, 0.2) is 0 Å². The van der Waals surface area contributed by atoms with Crippen molar-refractivity contribution in [3.8, 4) is 11.1 Å². The van der Waals surface area contributed by atoms with Gasteiger partial charge in [0.2, 0.25) is 0 Å². The third-order valence-electron chi connectivity index (χ3n) is 9.37. The molecule has 2 aliphatic rings. The van der Waals surface area contributed by atoms with Gasteiger partial charge in [0.1, 0.15) is 7.14 Å². The molecule has 0 amide bonds. The molecule has 228 valence electrons. The summed E-state index contributed by atoms with van der Waals surface area (Å²) in [6, 6.07) is 46.2. The Morgan fingerprint density at radius 1 is 0.587 bits per heavy atom. The second-order valence-electron chi connectivity index (χ2n) is 13.5. The van der Waals surface area contributed by atoms with Crippen molar-refractivity contribution >= 4 is 42.1 Å². The van der Waals surface area contributed by atoms with Gasteiger partial charge in [-0.15, -0.1) is 0 Å². The Morgan fingerprint density at radius 2 is 1.20 bits per heavy atom. The minimum atomic E-state index is -2.38. The monoisotopic (exact) mass is 634 g/mol. The minimum Gasteiger partial charge on any atom is -0.319 e. The first-order valence-corrected chi connectivity index (χ1v) is 21.4. The van der Waals surface area contributed by atoms with E-state index in [2.05, 4.69) is 153 Å². The lowest BCUT2D eigenvalue weighted by Crippen LogP contribution is -2.23. The van der Waals surface area contributed by atoms with Crippen LogP contribution >= 0.6 is 14.0 Å². The third-order valence-corrected chi connectivity index (χ3v) is 12.6. The van der Waals surface area contributed by atoms with Crippen molar-refractivity contribution in [2.24, 2.45) is 5.92 Å². The van der Waals surface area contributed by atoms with Crippen molar-refractivity contribution in [1.82, 2.24) is 0 Å². The van der Waals surface area contributed by atoms with Crippen LogP contribution in [-0.2, 0) is 4.57 Å². The molecule has 46 heavy (non-hydrogen) atoms. The van der Waals surface area contributed by atoms with Crippen molar-refractivity contribution in [3.63, 3.8) is 0 Å². The molecule has 3 heteroatoms. The lowest BCUT2D eigenvalue weighted by molar-refractivity contribution is 0.588. The predicted molar refractivity (Wildman–Crippen MR) is 204 cm³/mol. The largest absolute Gasteiger partial charge is 0.319 e. The SMILES string of the molecule is C=P(C)(C)c1cccc(-c2ccc3c(c2)C(c2ccccc2)=C2C=CC(c4cccc(P(C)(C)=O)c4)=CC2C3c2ccccc2)c1. The molecule has 0 N–H and O–H groups in total. The second kappa shape index (κ2) is 11.9. The number of allylic oxidation sites excluding steroid dienone is 5. The van der Waals surface area contributed by atoms with Gasteiger partial charge in [-0.1, -0.05) is 141 Å². The van der Waals surface area contributed by atoms with Crippen molar-refractivity contribution < 1.29 is 4.57 Å². The molecule has 5 aromatic rings. The molecule has 0 bridgehead atoms. The van der Waals surface area contributed by atoms with E-state index in [9.17, 15) is 4.57 Å². The molecule has 5 aromatic carbocycles. The highest BCUT2D eigenvalue weighted by atomic mass is 31.2. The first-order chi connectivity index (χ1) is 22.1. The van der Waals surface area contributed by atoms with Crippen LogP contribution in [0.3, 0.4) is 0 Å². The van der Waals surface area contributed by atoms with E-state index in [4.69, 9.17) is 0 Å². The Bertz CT molecular complexity index is 2140. The highest BCUT2D eigenvalue weighted by Crippen LogP contribution is 2.52. The van der Waals surface area contributed by atoms with Crippen LogP contribution in [0.1, 0.15) is 33.7 Å². The summed E-state index contributed by atoms with van der Waals surface area (Å²) in [5, 5.41) is 2.26. The van der Waals surface area contributed by atoms with Crippen LogP contribution in [-0.4, -0.2) is 33.0 Å². The number of rotatable bonds is 6. The fraction of sp³-hybridized carbons (Fsp3) is 0.140. The van der Waals surface area contributed by atoms with Crippen LogP contribution < -0.4 is 10.6 Å². The summed E-state index contributed by atoms with van der Waals surface area (Å²) in [6.45, 7) is 6.84. The maximum Gasteiger partial charge on any atom is 0.109 e. The van der Waals surface area contributed by atoms with Crippen molar-refractivity contribution in [3.05, 3.63) is 179 Å². The summed E-state index contributed by atoms with van der Waals surface area (Å²) in [5.74, 6) is 0.282. The number of fused-ring (bicyclic) bond motifs is 2. The lowest BCUT2D eigenvalue weighted by atomic mass is 9.65. The summed E-state index contributed by atoms with van der Waals surface area (Å²) in [5.41, 5.74) is 12.5. The molecule has 2 atom stereocenters. The summed E-state index contributed by atoms with van der Waals surface area (Å²) in [6.07, 6.45) is 11.6. The standard InChI is InChI=1S/C43H40OP2/c1-45(2,3)36-20-12-18-32(26-36)34-22-24-38-40(28-34)42(30-14-8-6-9-15-30)39-25-23-35(33-19-13-21-37(27-33)46(4,5)44)29-41(39)43(38)31-16-10-7-11-17-31/h6-29,41,43H,1H2,2-5H3. The molecule has 0 aliphatic heterocycles. The summed E-state index contributed by atoms with van der Waals surface area (Å²) in [4.78, 5) is 0. The maximum atomic E-state index is 13.0. The van der Waals surface area contributed by atoms with Crippen molar-refractivity contribution in [2.45, 2.75) is 5.92 Å². The first-order valence-electron chi connectivity index (χ1n) is 15.9. The summed E-state index contributed by atoms with van der Waals surface area (Å²) >= 11 is 0. The number of hydrogen-bond donors (Lipinski definition) is 0. The minimum absolute atomic E-state index is 0.134. The molecule has 2 aliphatic carbocycles. The molecule has 0 aromatic heterocycles. The van der Waals surface area contributed by atoms with E-state index in [-0.39, 0.29) is 11.8 Å². The van der Waals surface area contributed by atoms with E-state index in [0.29, 0.717) is 0 Å². The second-order valence-corrected chi connectivity index (χ2v) is 20.6. The smallest absolute Gasteiger partial charge is 0.109 e. The van der Waals surface area contributed by atoms with E-state index in [0.717, 1.165) is 10.9 Å². The Balaban J connectivity index is 1.46. The van der Waals surface area contributed by atoms with E-state index >= 15 is 0 Å². The average Bonchev–Trinajstić information content (AvgIpc) is 3.07. The topological polar surface area (TPSA) is 17.1 Å². The van der Waals surface area contributed by atoms with Crippen molar-refractivity contribution in [1.29, 1.82) is 0 Å². The molecule has 0 saturated heterocycles. The fourth-order valence-electron chi connectivity index (χ4n) is 6.98. The number of benzene rings is 5. The van der Waals surface area contributed by atoms with E-state index in [1.807, 2.05) is 25.5 Å². The molecule has 0 fully saturated rings. The van der Waals surface area contributed by atoms with Crippen LogP contribution in [0.4, 0.5) is 0 Å². The van der Waals surface area contributed by atoms with Gasteiger partial charge in [-0.2, -0.15) is 0 Å². The van der Waals surface area contributed by atoms with Crippen LogP contribution in [0, 0.1) is 5.92 Å². The Kier molecular flexibility index (Phi) is 7.89. The molecule has 7 rings (SSSR count). The van der Waals surface area contributed by atoms with Crippen LogP contribution in [0.25, 0.3) is 22.3 Å². The number of hydrogen-bond acceptors (Lipinski definition) is 1. The van der Waals surface area contributed by atoms with E-state index in [1.54, 1.807) is 0 Å². The van der Waals surface area contributed by atoms with Crippen molar-refractivity contribution in [2.75, 3.05) is 26.7 Å². The van der Waals surface area contributed by atoms with Gasteiger partial charge >= 0.3 is 0 Å². The fourth-order valence-corrected chi connectivity index (χ4v) is 8.85. The predicted octanol–water partition coefficient (Wildman–Crippen LogP) is 10.2. The molecule has 0 radical (unpaired) electrons. The zero-order valence-corrected chi connectivity index (χ0v) is 28.8. The third kappa shape index (κ3) is 5.80. The van der Waals surface area contributed by atoms with Crippen LogP contribution in [0.15, 0.2) is 151 Å². The van der Waals surface area contributed by atoms with E-state index < -0.39 is 14.0 Å².